The molecule has 2 rings (SSSR count). The van der Waals surface area contributed by atoms with Crippen LogP contribution < -0.4 is 5.32 Å². The summed E-state index contributed by atoms with van der Waals surface area (Å²) in [7, 11) is 3.45. The van der Waals surface area contributed by atoms with Crippen molar-refractivity contribution in [1.29, 1.82) is 0 Å². The molecule has 3 nitrogen and oxygen atoms in total. The lowest BCUT2D eigenvalue weighted by Crippen LogP contribution is -2.36. The number of benzene rings is 1. The lowest BCUT2D eigenvalue weighted by molar-refractivity contribution is 0.0827. The highest BCUT2D eigenvalue weighted by Crippen LogP contribution is 2.27. The smallest absolute Gasteiger partial charge is 0.253 e. The van der Waals surface area contributed by atoms with Crippen molar-refractivity contribution in [3.8, 4) is 0 Å². The zero-order valence-corrected chi connectivity index (χ0v) is 10.8. The van der Waals surface area contributed by atoms with Crippen molar-refractivity contribution >= 4 is 5.91 Å². The molecular formula is C14H19FN2O. The van der Waals surface area contributed by atoms with Gasteiger partial charge in [-0.05, 0) is 30.7 Å². The second kappa shape index (κ2) is 5.48. The van der Waals surface area contributed by atoms with E-state index in [0.717, 1.165) is 18.5 Å². The van der Waals surface area contributed by atoms with Crippen molar-refractivity contribution in [3.05, 3.63) is 35.4 Å². The predicted octanol–water partition coefficient (Wildman–Crippen LogP) is 1.80. The molecule has 1 saturated heterocycles. The third-order valence-electron chi connectivity index (χ3n) is 3.40. The van der Waals surface area contributed by atoms with Gasteiger partial charge in [0.05, 0.1) is 0 Å². The van der Waals surface area contributed by atoms with Crippen LogP contribution in [-0.4, -0.2) is 44.2 Å². The first-order chi connectivity index (χ1) is 8.59. The highest BCUT2D eigenvalue weighted by Gasteiger charge is 2.25. The van der Waals surface area contributed by atoms with Crippen LogP contribution in [-0.2, 0) is 0 Å². The van der Waals surface area contributed by atoms with E-state index in [2.05, 4.69) is 5.32 Å². The van der Waals surface area contributed by atoms with Crippen LogP contribution in [0.3, 0.4) is 0 Å². The zero-order chi connectivity index (χ0) is 13.1. The Morgan fingerprint density at radius 1 is 1.33 bits per heavy atom. The van der Waals surface area contributed by atoms with Crippen LogP contribution in [0.25, 0.3) is 0 Å². The van der Waals surface area contributed by atoms with E-state index in [-0.39, 0.29) is 11.8 Å². The van der Waals surface area contributed by atoms with Crippen LogP contribution in [0.5, 0.6) is 0 Å². The second-order valence-corrected chi connectivity index (χ2v) is 4.94. The molecule has 1 fully saturated rings. The Balaban J connectivity index is 2.14. The van der Waals surface area contributed by atoms with Gasteiger partial charge in [0.25, 0.3) is 5.91 Å². The van der Waals surface area contributed by atoms with E-state index in [9.17, 15) is 9.18 Å². The number of carbonyl (C=O) groups excluding carboxylic acids is 1. The van der Waals surface area contributed by atoms with E-state index < -0.39 is 6.17 Å². The fourth-order valence-corrected chi connectivity index (χ4v) is 2.33. The molecule has 18 heavy (non-hydrogen) atoms. The monoisotopic (exact) mass is 250 g/mol. The maximum atomic E-state index is 13.8. The topological polar surface area (TPSA) is 32.3 Å². The maximum absolute atomic E-state index is 13.8. The molecule has 0 bridgehead atoms. The molecule has 1 aliphatic rings. The summed E-state index contributed by atoms with van der Waals surface area (Å²) in [6.45, 7) is 1.27. The molecule has 4 heteroatoms. The summed E-state index contributed by atoms with van der Waals surface area (Å²) in [5.41, 5.74) is 1.63. The molecule has 98 valence electrons. The first kappa shape index (κ1) is 13.0. The third kappa shape index (κ3) is 2.70. The molecule has 0 spiro atoms. The van der Waals surface area contributed by atoms with Gasteiger partial charge in [-0.3, -0.25) is 4.79 Å². The number of hydrogen-bond acceptors (Lipinski definition) is 2. The number of hydrogen-bond donors (Lipinski definition) is 1. The number of piperidine rings is 1. The molecule has 1 aromatic rings. The average molecular weight is 250 g/mol. The standard InChI is InChI=1S/C14H19FN2O/c1-17(2)14(18)11-5-3-10(4-6-11)12-7-8-16-9-13(12)15/h3-6,12-13,16H,7-9H2,1-2H3/t12-,13+/m0/s1. The Hall–Kier alpha value is -1.42. The molecule has 1 heterocycles. The summed E-state index contributed by atoms with van der Waals surface area (Å²) in [6, 6.07) is 7.32. The zero-order valence-electron chi connectivity index (χ0n) is 10.8. The van der Waals surface area contributed by atoms with E-state index in [0.29, 0.717) is 12.1 Å². The normalized spacial score (nSPS) is 23.7. The minimum Gasteiger partial charge on any atom is -0.345 e. The average Bonchev–Trinajstić information content (AvgIpc) is 2.38. The van der Waals surface area contributed by atoms with Crippen LogP contribution in [0.15, 0.2) is 24.3 Å². The van der Waals surface area contributed by atoms with Crippen molar-refractivity contribution in [2.45, 2.75) is 18.5 Å². The van der Waals surface area contributed by atoms with Gasteiger partial charge in [0.15, 0.2) is 0 Å². The fraction of sp³-hybridized carbons (Fsp3) is 0.500. The molecule has 0 aliphatic carbocycles. The summed E-state index contributed by atoms with van der Waals surface area (Å²) < 4.78 is 13.8. The molecule has 0 aromatic heterocycles. The fourth-order valence-electron chi connectivity index (χ4n) is 2.33. The van der Waals surface area contributed by atoms with Gasteiger partial charge in [-0.2, -0.15) is 0 Å². The van der Waals surface area contributed by atoms with Gasteiger partial charge in [0.1, 0.15) is 6.17 Å². The number of carbonyl (C=O) groups is 1. The van der Waals surface area contributed by atoms with E-state index in [1.54, 1.807) is 26.2 Å². The van der Waals surface area contributed by atoms with Gasteiger partial charge < -0.3 is 10.2 Å². The number of rotatable bonds is 2. The van der Waals surface area contributed by atoms with Crippen molar-refractivity contribution in [1.82, 2.24) is 10.2 Å². The summed E-state index contributed by atoms with van der Waals surface area (Å²) in [4.78, 5) is 13.3. The van der Waals surface area contributed by atoms with Crippen molar-refractivity contribution in [2.75, 3.05) is 27.2 Å². The van der Waals surface area contributed by atoms with Gasteiger partial charge >= 0.3 is 0 Å². The molecule has 1 aliphatic heterocycles. The molecule has 1 amide bonds. The largest absolute Gasteiger partial charge is 0.345 e. The highest BCUT2D eigenvalue weighted by molar-refractivity contribution is 5.93. The molecule has 0 saturated carbocycles. The minimum atomic E-state index is -0.839. The van der Waals surface area contributed by atoms with Crippen molar-refractivity contribution < 1.29 is 9.18 Å². The quantitative estimate of drug-likeness (QED) is 0.868. The van der Waals surface area contributed by atoms with Crippen LogP contribution in [0.4, 0.5) is 4.39 Å². The number of halogens is 1. The van der Waals surface area contributed by atoms with E-state index >= 15 is 0 Å². The number of amides is 1. The minimum absolute atomic E-state index is 0.0244. The number of alkyl halides is 1. The maximum Gasteiger partial charge on any atom is 0.253 e. The number of nitrogens with zero attached hydrogens (tertiary/aromatic N) is 1. The Morgan fingerprint density at radius 2 is 2.00 bits per heavy atom. The van der Waals surface area contributed by atoms with E-state index in [4.69, 9.17) is 0 Å². The van der Waals surface area contributed by atoms with Crippen molar-refractivity contribution in [3.63, 3.8) is 0 Å². The summed E-state index contributed by atoms with van der Waals surface area (Å²) >= 11 is 0. The molecule has 0 unspecified atom stereocenters. The molecule has 2 atom stereocenters. The Kier molecular flexibility index (Phi) is 3.97. The van der Waals surface area contributed by atoms with E-state index in [1.807, 2.05) is 12.1 Å². The SMILES string of the molecule is CN(C)C(=O)c1ccc([C@@H]2CCNC[C@H]2F)cc1. The first-order valence-electron chi connectivity index (χ1n) is 6.26. The second-order valence-electron chi connectivity index (χ2n) is 4.94. The van der Waals surface area contributed by atoms with Gasteiger partial charge in [0.2, 0.25) is 0 Å². The lowest BCUT2D eigenvalue weighted by Gasteiger charge is -2.27. The molecule has 1 aromatic carbocycles. The molecular weight excluding hydrogens is 231 g/mol. The Bertz CT molecular complexity index is 416. The van der Waals surface area contributed by atoms with E-state index in [1.165, 1.54) is 4.90 Å². The van der Waals surface area contributed by atoms with Gasteiger partial charge in [-0.15, -0.1) is 0 Å². The predicted molar refractivity (Wildman–Crippen MR) is 69.6 cm³/mol. The highest BCUT2D eigenvalue weighted by atomic mass is 19.1. The molecule has 1 N–H and O–H groups in total. The van der Waals surface area contributed by atoms with Gasteiger partial charge in [-0.25, -0.2) is 4.39 Å². The van der Waals surface area contributed by atoms with Gasteiger partial charge in [-0.1, -0.05) is 12.1 Å². The summed E-state index contributed by atoms with van der Waals surface area (Å²) in [5.74, 6) is -0.0709. The van der Waals surface area contributed by atoms with Crippen molar-refractivity contribution in [2.24, 2.45) is 0 Å². The Morgan fingerprint density at radius 3 is 2.56 bits per heavy atom. The third-order valence-corrected chi connectivity index (χ3v) is 3.40. The molecule has 0 radical (unpaired) electrons. The lowest BCUT2D eigenvalue weighted by atomic mass is 9.88. The van der Waals surface area contributed by atoms with Crippen LogP contribution in [0.2, 0.25) is 0 Å². The summed E-state index contributed by atoms with van der Waals surface area (Å²) in [5, 5.41) is 3.04. The van der Waals surface area contributed by atoms with Gasteiger partial charge in [0, 0.05) is 32.1 Å². The van der Waals surface area contributed by atoms with Crippen LogP contribution in [0, 0.1) is 0 Å². The van der Waals surface area contributed by atoms with Crippen LogP contribution in [0.1, 0.15) is 28.3 Å². The summed E-state index contributed by atoms with van der Waals surface area (Å²) in [6.07, 6.45) is -0.0311. The Labute approximate surface area is 107 Å². The number of nitrogens with one attached hydrogen (secondary N) is 1. The van der Waals surface area contributed by atoms with Crippen LogP contribution >= 0.6 is 0 Å². The first-order valence-corrected chi connectivity index (χ1v) is 6.26.